The molecule has 2 fully saturated rings. The molecule has 0 spiro atoms. The van der Waals surface area contributed by atoms with Crippen LogP contribution in [-0.2, 0) is 24.2 Å². The summed E-state index contributed by atoms with van der Waals surface area (Å²) in [6.45, 7) is 5.72. The summed E-state index contributed by atoms with van der Waals surface area (Å²) in [7, 11) is 0. The zero-order chi connectivity index (χ0) is 19.0. The van der Waals surface area contributed by atoms with Gasteiger partial charge in [-0.3, -0.25) is 14.5 Å². The van der Waals surface area contributed by atoms with Crippen LogP contribution >= 0.6 is 0 Å². The maximum Gasteiger partial charge on any atom is 0.267 e. The second kappa shape index (κ2) is 7.36. The first-order valence-electron chi connectivity index (χ1n) is 10.2. The Balaban J connectivity index is 1.31. The van der Waals surface area contributed by atoms with Crippen LogP contribution in [0.5, 0.6) is 0 Å². The molecule has 1 N–H and O–H groups in total. The number of hydrogen-bond acceptors (Lipinski definition) is 5. The Morgan fingerprint density at radius 1 is 1.30 bits per heavy atom. The highest BCUT2D eigenvalue weighted by atomic mass is 16.3. The molecule has 1 amide bonds. The number of β-amino-alcohol motifs (C(OH)–C–C–N with tert-alkyl or cyclic N) is 1. The van der Waals surface area contributed by atoms with Crippen LogP contribution in [0.1, 0.15) is 43.9 Å². The van der Waals surface area contributed by atoms with E-state index in [4.69, 9.17) is 0 Å². The third kappa shape index (κ3) is 4.09. The number of rotatable bonds is 4. The first-order chi connectivity index (χ1) is 12.9. The molecule has 7 nitrogen and oxygen atoms in total. The van der Waals surface area contributed by atoms with Gasteiger partial charge >= 0.3 is 0 Å². The summed E-state index contributed by atoms with van der Waals surface area (Å²) in [5.74, 6) is 0.431. The smallest absolute Gasteiger partial charge is 0.267 e. The molecule has 3 heterocycles. The zero-order valence-corrected chi connectivity index (χ0v) is 16.2. The highest BCUT2D eigenvalue weighted by Crippen LogP contribution is 2.26. The van der Waals surface area contributed by atoms with E-state index in [-0.39, 0.29) is 11.5 Å². The van der Waals surface area contributed by atoms with Crippen LogP contribution in [0.4, 0.5) is 0 Å². The Kier molecular flexibility index (Phi) is 5.07. The van der Waals surface area contributed by atoms with Gasteiger partial charge in [0.05, 0.1) is 24.4 Å². The molecule has 0 bridgehead atoms. The molecule has 1 aromatic heterocycles. The van der Waals surface area contributed by atoms with Gasteiger partial charge in [0.2, 0.25) is 5.91 Å². The van der Waals surface area contributed by atoms with E-state index in [2.05, 4.69) is 10.00 Å². The molecule has 1 aromatic rings. The minimum Gasteiger partial charge on any atom is -0.387 e. The molecule has 3 aliphatic rings. The third-order valence-electron chi connectivity index (χ3n) is 6.26. The van der Waals surface area contributed by atoms with E-state index in [1.54, 1.807) is 22.6 Å². The number of piperidine rings is 1. The minimum absolute atomic E-state index is 0.0112. The summed E-state index contributed by atoms with van der Waals surface area (Å²) >= 11 is 0. The fourth-order valence-corrected chi connectivity index (χ4v) is 4.82. The Labute approximate surface area is 160 Å². The second-order valence-corrected chi connectivity index (χ2v) is 8.67. The van der Waals surface area contributed by atoms with Crippen LogP contribution in [0.2, 0.25) is 0 Å². The van der Waals surface area contributed by atoms with Crippen LogP contribution < -0.4 is 5.56 Å². The predicted molar refractivity (Wildman–Crippen MR) is 102 cm³/mol. The number of aromatic nitrogens is 2. The summed E-state index contributed by atoms with van der Waals surface area (Å²) in [6, 6.07) is 1.78. The lowest BCUT2D eigenvalue weighted by molar-refractivity contribution is -0.138. The maximum atomic E-state index is 12.3. The Hall–Kier alpha value is -1.73. The zero-order valence-electron chi connectivity index (χ0n) is 16.2. The summed E-state index contributed by atoms with van der Waals surface area (Å²) in [5.41, 5.74) is 1.43. The third-order valence-corrected chi connectivity index (χ3v) is 6.26. The van der Waals surface area contributed by atoms with E-state index in [0.717, 1.165) is 69.4 Å². The summed E-state index contributed by atoms with van der Waals surface area (Å²) in [5, 5.41) is 15.5. The lowest BCUT2D eigenvalue weighted by atomic mass is 9.89. The van der Waals surface area contributed by atoms with Crippen molar-refractivity contribution in [2.45, 2.75) is 57.6 Å². The molecule has 4 rings (SSSR count). The molecule has 1 atom stereocenters. The van der Waals surface area contributed by atoms with Gasteiger partial charge in [0.25, 0.3) is 5.56 Å². The van der Waals surface area contributed by atoms with E-state index >= 15 is 0 Å². The molecule has 1 aliphatic carbocycles. The van der Waals surface area contributed by atoms with Crippen LogP contribution in [0.15, 0.2) is 10.9 Å². The average molecular weight is 374 g/mol. The van der Waals surface area contributed by atoms with Crippen molar-refractivity contribution in [2.75, 3.05) is 32.7 Å². The average Bonchev–Trinajstić information content (AvgIpc) is 2.60. The van der Waals surface area contributed by atoms with Crippen LogP contribution in [0, 0.1) is 5.92 Å². The summed E-state index contributed by atoms with van der Waals surface area (Å²) in [4.78, 5) is 27.9. The van der Waals surface area contributed by atoms with Crippen molar-refractivity contribution >= 4 is 5.91 Å². The van der Waals surface area contributed by atoms with Gasteiger partial charge < -0.3 is 10.0 Å². The van der Waals surface area contributed by atoms with Crippen LogP contribution in [0.3, 0.4) is 0 Å². The minimum atomic E-state index is -0.810. The number of amides is 1. The van der Waals surface area contributed by atoms with Gasteiger partial charge in [-0.05, 0) is 44.1 Å². The van der Waals surface area contributed by atoms with Crippen molar-refractivity contribution in [2.24, 2.45) is 5.92 Å². The van der Waals surface area contributed by atoms with Gasteiger partial charge in [-0.15, -0.1) is 0 Å². The lowest BCUT2D eigenvalue weighted by Gasteiger charge is -2.46. The summed E-state index contributed by atoms with van der Waals surface area (Å²) in [6.07, 6.45) is 5.86. The number of carbonyl (C=O) groups excluding carboxylic acids is 1. The van der Waals surface area contributed by atoms with Crippen molar-refractivity contribution in [3.05, 3.63) is 27.7 Å². The van der Waals surface area contributed by atoms with Gasteiger partial charge in [-0.1, -0.05) is 0 Å². The summed E-state index contributed by atoms with van der Waals surface area (Å²) < 4.78 is 1.64. The molecule has 0 saturated carbocycles. The maximum absolute atomic E-state index is 12.3. The standard InChI is InChI=1S/C20H30N4O3/c1-15(25)23-8-4-7-20(27,14-23)13-22-10-16(11-22)12-24-19(26)9-17-5-2-3-6-18(17)21-24/h9,16,27H,2-8,10-14H2,1H3. The lowest BCUT2D eigenvalue weighted by Crippen LogP contribution is -2.60. The number of aliphatic hydroxyl groups is 1. The molecule has 1 unspecified atom stereocenters. The number of nitrogens with zero attached hydrogens (tertiary/aromatic N) is 4. The number of aryl methyl sites for hydroxylation is 2. The van der Waals surface area contributed by atoms with E-state index in [1.807, 2.05) is 0 Å². The van der Waals surface area contributed by atoms with Crippen molar-refractivity contribution < 1.29 is 9.90 Å². The predicted octanol–water partition coefficient (Wildman–Crippen LogP) is 0.427. The fourth-order valence-electron chi connectivity index (χ4n) is 4.82. The molecule has 2 saturated heterocycles. The monoisotopic (exact) mass is 374 g/mol. The number of fused-ring (bicyclic) bond motifs is 1. The van der Waals surface area contributed by atoms with E-state index in [9.17, 15) is 14.7 Å². The largest absolute Gasteiger partial charge is 0.387 e. The van der Waals surface area contributed by atoms with Crippen LogP contribution in [0.25, 0.3) is 0 Å². The Morgan fingerprint density at radius 2 is 2.07 bits per heavy atom. The van der Waals surface area contributed by atoms with Crippen molar-refractivity contribution in [3.63, 3.8) is 0 Å². The Morgan fingerprint density at radius 3 is 2.85 bits per heavy atom. The van der Waals surface area contributed by atoms with Crippen molar-refractivity contribution in [1.29, 1.82) is 0 Å². The van der Waals surface area contributed by atoms with Gasteiger partial charge in [0, 0.05) is 45.1 Å². The molecule has 7 heteroatoms. The van der Waals surface area contributed by atoms with Gasteiger partial charge in [0.15, 0.2) is 0 Å². The highest BCUT2D eigenvalue weighted by molar-refractivity contribution is 5.73. The van der Waals surface area contributed by atoms with E-state index in [0.29, 0.717) is 25.6 Å². The highest BCUT2D eigenvalue weighted by Gasteiger charge is 2.39. The Bertz CT molecular complexity index is 771. The molecule has 2 aliphatic heterocycles. The van der Waals surface area contributed by atoms with Gasteiger partial charge in [0.1, 0.15) is 0 Å². The van der Waals surface area contributed by atoms with Crippen molar-refractivity contribution in [1.82, 2.24) is 19.6 Å². The number of carbonyl (C=O) groups is 1. The topological polar surface area (TPSA) is 78.7 Å². The molecule has 27 heavy (non-hydrogen) atoms. The number of hydrogen-bond donors (Lipinski definition) is 1. The SMILES string of the molecule is CC(=O)N1CCCC(O)(CN2CC(Cn3nc4c(cc3=O)CCCC4)C2)C1. The van der Waals surface area contributed by atoms with Crippen molar-refractivity contribution in [3.8, 4) is 0 Å². The number of likely N-dealkylation sites (tertiary alicyclic amines) is 2. The fraction of sp³-hybridized carbons (Fsp3) is 0.750. The normalized spacial score (nSPS) is 26.5. The van der Waals surface area contributed by atoms with E-state index in [1.165, 1.54) is 0 Å². The van der Waals surface area contributed by atoms with E-state index < -0.39 is 5.60 Å². The second-order valence-electron chi connectivity index (χ2n) is 8.67. The molecular weight excluding hydrogens is 344 g/mol. The molecule has 0 radical (unpaired) electrons. The first-order valence-corrected chi connectivity index (χ1v) is 10.2. The molecule has 148 valence electrons. The first kappa shape index (κ1) is 18.6. The molecule has 0 aromatic carbocycles. The van der Waals surface area contributed by atoms with Crippen LogP contribution in [-0.4, -0.2) is 68.9 Å². The van der Waals surface area contributed by atoms with Gasteiger partial charge in [-0.2, -0.15) is 5.10 Å². The molecular formula is C20H30N4O3. The quantitative estimate of drug-likeness (QED) is 0.827. The van der Waals surface area contributed by atoms with Gasteiger partial charge in [-0.25, -0.2) is 4.68 Å².